The summed E-state index contributed by atoms with van der Waals surface area (Å²) in [5.41, 5.74) is 0. The van der Waals surface area contributed by atoms with Gasteiger partial charge in [-0.1, -0.05) is 0 Å². The van der Waals surface area contributed by atoms with Crippen molar-refractivity contribution < 1.29 is 19.0 Å². The molecule has 2 rings (SSSR count). The number of allylic oxidation sites excluding steroid dienone is 2. The van der Waals surface area contributed by atoms with E-state index in [2.05, 4.69) is 0 Å². The molecule has 0 bridgehead atoms. The molecule has 1 atom stereocenters. The molecule has 0 spiro atoms. The Kier molecular flexibility index (Phi) is 2.66. The quantitative estimate of drug-likeness (QED) is 0.690. The molecule has 15 heavy (non-hydrogen) atoms. The third-order valence-corrected chi connectivity index (χ3v) is 2.60. The topological polar surface area (TPSA) is 44.8 Å². The van der Waals surface area contributed by atoms with Crippen molar-refractivity contribution in [1.29, 1.82) is 0 Å². The third-order valence-electron chi connectivity index (χ3n) is 2.60. The number of methoxy groups -OCH3 is 1. The van der Waals surface area contributed by atoms with Crippen molar-refractivity contribution in [2.45, 2.75) is 13.3 Å². The third kappa shape index (κ3) is 1.71. The Labute approximate surface area is 88.5 Å². The fourth-order valence-electron chi connectivity index (χ4n) is 1.83. The van der Waals surface area contributed by atoms with Gasteiger partial charge in [-0.05, 0) is 19.4 Å². The van der Waals surface area contributed by atoms with Crippen LogP contribution in [0.1, 0.15) is 13.3 Å². The molecular formula is C11H14O4. The lowest BCUT2D eigenvalue weighted by molar-refractivity contribution is -0.121. The first-order chi connectivity index (χ1) is 7.24. The van der Waals surface area contributed by atoms with Crippen LogP contribution < -0.4 is 0 Å². The van der Waals surface area contributed by atoms with Crippen LogP contribution >= 0.6 is 0 Å². The van der Waals surface area contributed by atoms with E-state index >= 15 is 0 Å². The van der Waals surface area contributed by atoms with Gasteiger partial charge in [0.25, 0.3) is 0 Å². The van der Waals surface area contributed by atoms with E-state index in [1.807, 2.05) is 6.08 Å². The molecule has 1 aliphatic heterocycles. The van der Waals surface area contributed by atoms with Gasteiger partial charge in [0.2, 0.25) is 0 Å². The lowest BCUT2D eigenvalue weighted by Gasteiger charge is -2.29. The Morgan fingerprint density at radius 3 is 2.87 bits per heavy atom. The second-order valence-corrected chi connectivity index (χ2v) is 3.56. The largest absolute Gasteiger partial charge is 0.493 e. The molecule has 2 aliphatic rings. The molecule has 0 fully saturated rings. The van der Waals surface area contributed by atoms with Crippen molar-refractivity contribution in [1.82, 2.24) is 0 Å². The maximum Gasteiger partial charge on any atom is 0.199 e. The summed E-state index contributed by atoms with van der Waals surface area (Å²) in [5.74, 6) is 1.78. The SMILES string of the molecule is COC1=CCC(C(C)=O)C2=C1OCCO2. The predicted molar refractivity (Wildman–Crippen MR) is 52.8 cm³/mol. The maximum atomic E-state index is 11.4. The van der Waals surface area contributed by atoms with Crippen LogP contribution in [-0.2, 0) is 19.0 Å². The van der Waals surface area contributed by atoms with Gasteiger partial charge in [0, 0.05) is 0 Å². The van der Waals surface area contributed by atoms with Crippen LogP contribution in [0.2, 0.25) is 0 Å². The number of carbonyl (C=O) groups excluding carboxylic acids is 1. The molecule has 0 radical (unpaired) electrons. The lowest BCUT2D eigenvalue weighted by atomic mass is 9.92. The maximum absolute atomic E-state index is 11.4. The summed E-state index contributed by atoms with van der Waals surface area (Å²) >= 11 is 0. The van der Waals surface area contributed by atoms with Gasteiger partial charge in [-0.3, -0.25) is 4.79 Å². The molecule has 0 aromatic heterocycles. The number of Topliss-reactive ketones (excluding diaryl/α,β-unsaturated/α-hetero) is 1. The Bertz CT molecular complexity index is 340. The zero-order valence-electron chi connectivity index (χ0n) is 8.91. The number of ether oxygens (including phenoxy) is 3. The number of carbonyl (C=O) groups is 1. The molecule has 4 nitrogen and oxygen atoms in total. The van der Waals surface area contributed by atoms with E-state index in [9.17, 15) is 4.79 Å². The molecule has 0 aromatic rings. The summed E-state index contributed by atoms with van der Waals surface area (Å²) in [5, 5.41) is 0. The van der Waals surface area contributed by atoms with Crippen LogP contribution in [-0.4, -0.2) is 26.1 Å². The van der Waals surface area contributed by atoms with Crippen LogP contribution in [0.5, 0.6) is 0 Å². The van der Waals surface area contributed by atoms with Gasteiger partial charge >= 0.3 is 0 Å². The Balaban J connectivity index is 2.35. The van der Waals surface area contributed by atoms with E-state index in [-0.39, 0.29) is 11.7 Å². The standard InChI is InChI=1S/C11H14O4/c1-7(12)8-3-4-9(13-2)11-10(8)14-5-6-15-11/h4,8H,3,5-6H2,1-2H3. The Hall–Kier alpha value is -1.45. The molecule has 0 saturated heterocycles. The van der Waals surface area contributed by atoms with E-state index in [0.29, 0.717) is 36.9 Å². The molecule has 1 aliphatic carbocycles. The highest BCUT2D eigenvalue weighted by molar-refractivity contribution is 5.81. The van der Waals surface area contributed by atoms with Crippen LogP contribution in [0.4, 0.5) is 0 Å². The summed E-state index contributed by atoms with van der Waals surface area (Å²) in [6.45, 7) is 2.57. The highest BCUT2D eigenvalue weighted by Crippen LogP contribution is 2.34. The highest BCUT2D eigenvalue weighted by Gasteiger charge is 2.33. The molecule has 1 heterocycles. The summed E-state index contributed by atoms with van der Waals surface area (Å²) in [6, 6.07) is 0. The highest BCUT2D eigenvalue weighted by atomic mass is 16.6. The van der Waals surface area contributed by atoms with E-state index in [1.165, 1.54) is 0 Å². The van der Waals surface area contributed by atoms with Crippen molar-refractivity contribution in [3.8, 4) is 0 Å². The molecular weight excluding hydrogens is 196 g/mol. The number of hydrogen-bond donors (Lipinski definition) is 0. The van der Waals surface area contributed by atoms with Crippen LogP contribution in [0.25, 0.3) is 0 Å². The minimum atomic E-state index is -0.209. The molecule has 82 valence electrons. The average molecular weight is 210 g/mol. The zero-order chi connectivity index (χ0) is 10.8. The molecule has 1 unspecified atom stereocenters. The predicted octanol–water partition coefficient (Wildman–Crippen LogP) is 1.38. The van der Waals surface area contributed by atoms with Gasteiger partial charge in [0.05, 0.1) is 13.0 Å². The van der Waals surface area contributed by atoms with Gasteiger partial charge in [-0.2, -0.15) is 0 Å². The van der Waals surface area contributed by atoms with Gasteiger partial charge in [0.1, 0.15) is 19.0 Å². The molecule has 4 heteroatoms. The first kappa shape index (κ1) is 10.1. The zero-order valence-corrected chi connectivity index (χ0v) is 8.91. The molecule has 0 N–H and O–H groups in total. The van der Waals surface area contributed by atoms with E-state index in [1.54, 1.807) is 14.0 Å². The molecule has 0 saturated carbocycles. The van der Waals surface area contributed by atoms with Gasteiger partial charge in [-0.15, -0.1) is 0 Å². The summed E-state index contributed by atoms with van der Waals surface area (Å²) < 4.78 is 16.2. The Morgan fingerprint density at radius 1 is 1.47 bits per heavy atom. The number of ketones is 1. The number of hydrogen-bond acceptors (Lipinski definition) is 4. The second-order valence-electron chi connectivity index (χ2n) is 3.56. The van der Waals surface area contributed by atoms with E-state index in [4.69, 9.17) is 14.2 Å². The second kappa shape index (κ2) is 3.96. The van der Waals surface area contributed by atoms with E-state index < -0.39 is 0 Å². The van der Waals surface area contributed by atoms with Crippen molar-refractivity contribution in [2.75, 3.05) is 20.3 Å². The van der Waals surface area contributed by atoms with Crippen LogP contribution in [0.15, 0.2) is 23.4 Å². The normalized spacial score (nSPS) is 24.7. The summed E-state index contributed by atoms with van der Waals surface area (Å²) in [6.07, 6.45) is 2.50. The minimum absolute atomic E-state index is 0.0967. The Morgan fingerprint density at radius 2 is 2.20 bits per heavy atom. The summed E-state index contributed by atoms with van der Waals surface area (Å²) in [7, 11) is 1.59. The van der Waals surface area contributed by atoms with Crippen LogP contribution in [0.3, 0.4) is 0 Å². The molecule has 0 aromatic carbocycles. The first-order valence-electron chi connectivity index (χ1n) is 4.98. The lowest BCUT2D eigenvalue weighted by Crippen LogP contribution is -2.27. The van der Waals surface area contributed by atoms with Crippen molar-refractivity contribution in [3.05, 3.63) is 23.4 Å². The fourth-order valence-corrected chi connectivity index (χ4v) is 1.83. The monoisotopic (exact) mass is 210 g/mol. The van der Waals surface area contributed by atoms with Gasteiger partial charge in [-0.25, -0.2) is 0 Å². The summed E-state index contributed by atoms with van der Waals surface area (Å²) in [4.78, 5) is 11.4. The first-order valence-corrected chi connectivity index (χ1v) is 4.98. The van der Waals surface area contributed by atoms with Crippen molar-refractivity contribution in [2.24, 2.45) is 5.92 Å². The van der Waals surface area contributed by atoms with Crippen molar-refractivity contribution >= 4 is 5.78 Å². The van der Waals surface area contributed by atoms with Crippen LogP contribution in [0, 0.1) is 5.92 Å². The fraction of sp³-hybridized carbons (Fsp3) is 0.545. The molecule has 0 amide bonds. The minimum Gasteiger partial charge on any atom is -0.493 e. The smallest absolute Gasteiger partial charge is 0.199 e. The van der Waals surface area contributed by atoms with Gasteiger partial charge in [0.15, 0.2) is 17.3 Å². The number of rotatable bonds is 2. The van der Waals surface area contributed by atoms with Gasteiger partial charge < -0.3 is 14.2 Å². The average Bonchev–Trinajstić information content (AvgIpc) is 2.27. The van der Waals surface area contributed by atoms with E-state index in [0.717, 1.165) is 0 Å². The van der Waals surface area contributed by atoms with Crippen molar-refractivity contribution in [3.63, 3.8) is 0 Å².